The van der Waals surface area contributed by atoms with Gasteiger partial charge in [0.1, 0.15) is 0 Å². The highest BCUT2D eigenvalue weighted by Gasteiger charge is 2.07. The normalized spacial score (nSPS) is 11.1. The van der Waals surface area contributed by atoms with E-state index in [1.165, 1.54) is 102 Å². The molecule has 4 heteroatoms. The van der Waals surface area contributed by atoms with Crippen molar-refractivity contribution in [3.05, 3.63) is 42.2 Å². The van der Waals surface area contributed by atoms with Crippen LogP contribution < -0.4 is 4.74 Å². The number of nitrogens with zero attached hydrogens (tertiary/aromatic N) is 2. The van der Waals surface area contributed by atoms with Gasteiger partial charge in [0.15, 0.2) is 11.6 Å². The summed E-state index contributed by atoms with van der Waals surface area (Å²) in [5, 5.41) is 0. The number of aryl methyl sites for hydroxylation is 1. The van der Waals surface area contributed by atoms with Gasteiger partial charge in [-0.1, -0.05) is 134 Å². The Labute approximate surface area is 220 Å². The first-order valence-electron chi connectivity index (χ1n) is 14.8. The van der Waals surface area contributed by atoms with E-state index < -0.39 is 0 Å². The lowest BCUT2D eigenvalue weighted by Crippen LogP contribution is -2.08. The number of carbonyl (C=O) groups excluding carboxylic acids is 1. The minimum Gasteiger partial charge on any atom is -0.423 e. The van der Waals surface area contributed by atoms with Crippen LogP contribution in [0.2, 0.25) is 0 Å². The van der Waals surface area contributed by atoms with E-state index in [0.29, 0.717) is 18.0 Å². The van der Waals surface area contributed by atoms with Gasteiger partial charge in [-0.2, -0.15) is 0 Å². The van der Waals surface area contributed by atoms with E-state index in [2.05, 4.69) is 48.1 Å². The Hall–Kier alpha value is -2.23. The van der Waals surface area contributed by atoms with Crippen molar-refractivity contribution in [1.29, 1.82) is 0 Å². The van der Waals surface area contributed by atoms with E-state index in [0.717, 1.165) is 24.8 Å². The van der Waals surface area contributed by atoms with Crippen molar-refractivity contribution in [3.63, 3.8) is 0 Å². The van der Waals surface area contributed by atoms with Crippen LogP contribution >= 0.6 is 0 Å². The van der Waals surface area contributed by atoms with E-state index in [-0.39, 0.29) is 5.97 Å². The smallest absolute Gasteiger partial charge is 0.311 e. The van der Waals surface area contributed by atoms with E-state index in [4.69, 9.17) is 4.74 Å². The molecule has 200 valence electrons. The van der Waals surface area contributed by atoms with Gasteiger partial charge in [0.2, 0.25) is 0 Å². The summed E-state index contributed by atoms with van der Waals surface area (Å²) in [7, 11) is 0. The molecule has 0 saturated heterocycles. The second-order valence-electron chi connectivity index (χ2n) is 10.2. The molecule has 2 aromatic rings. The molecule has 1 heterocycles. The molecule has 4 nitrogen and oxygen atoms in total. The quantitative estimate of drug-likeness (QED) is 0.128. The Morgan fingerprint density at radius 2 is 1.11 bits per heavy atom. The van der Waals surface area contributed by atoms with Gasteiger partial charge >= 0.3 is 5.97 Å². The van der Waals surface area contributed by atoms with Crippen LogP contribution in [0.5, 0.6) is 5.75 Å². The lowest BCUT2D eigenvalue weighted by Gasteiger charge is -2.06. The van der Waals surface area contributed by atoms with Gasteiger partial charge in [-0.05, 0) is 24.8 Å². The molecule has 36 heavy (non-hydrogen) atoms. The highest BCUT2D eigenvalue weighted by molar-refractivity contribution is 5.72. The molecule has 1 aromatic heterocycles. The van der Waals surface area contributed by atoms with E-state index in [1.54, 1.807) is 12.4 Å². The fourth-order valence-corrected chi connectivity index (χ4v) is 4.56. The number of hydrogen-bond acceptors (Lipinski definition) is 4. The second kappa shape index (κ2) is 19.9. The van der Waals surface area contributed by atoms with Crippen LogP contribution in [0, 0.1) is 0 Å². The lowest BCUT2D eigenvalue weighted by atomic mass is 10.0. The van der Waals surface area contributed by atoms with Crippen LogP contribution in [-0.4, -0.2) is 15.9 Å². The van der Waals surface area contributed by atoms with Crippen molar-refractivity contribution < 1.29 is 9.53 Å². The minimum atomic E-state index is -0.194. The molecule has 0 N–H and O–H groups in total. The zero-order chi connectivity index (χ0) is 25.7. The number of benzene rings is 1. The molecule has 0 bridgehead atoms. The average Bonchev–Trinajstić information content (AvgIpc) is 2.90. The molecule has 0 unspecified atom stereocenters. The van der Waals surface area contributed by atoms with Crippen LogP contribution in [0.4, 0.5) is 0 Å². The van der Waals surface area contributed by atoms with Crippen molar-refractivity contribution in [2.75, 3.05) is 0 Å². The summed E-state index contributed by atoms with van der Waals surface area (Å²) < 4.78 is 5.43. The molecular formula is C32H50N2O2. The number of hydrogen-bond donors (Lipinski definition) is 0. The van der Waals surface area contributed by atoms with E-state index in [1.807, 2.05) is 0 Å². The summed E-state index contributed by atoms with van der Waals surface area (Å²) in [6.45, 7) is 4.52. The predicted octanol–water partition coefficient (Wildman–Crippen LogP) is 9.65. The highest BCUT2D eigenvalue weighted by Crippen LogP contribution is 2.19. The maximum absolute atomic E-state index is 12.1. The zero-order valence-electron chi connectivity index (χ0n) is 23.1. The highest BCUT2D eigenvalue weighted by atomic mass is 16.5. The number of rotatable bonds is 21. The van der Waals surface area contributed by atoms with Crippen LogP contribution in [0.3, 0.4) is 0 Å². The lowest BCUT2D eigenvalue weighted by molar-refractivity contribution is -0.134. The van der Waals surface area contributed by atoms with Crippen molar-refractivity contribution in [2.24, 2.45) is 0 Å². The molecule has 0 aliphatic rings. The summed E-state index contributed by atoms with van der Waals surface area (Å²) in [6, 6.07) is 8.53. The van der Waals surface area contributed by atoms with Crippen LogP contribution in [0.1, 0.15) is 135 Å². The summed E-state index contributed by atoms with van der Waals surface area (Å²) in [5.74, 6) is 0.888. The van der Waals surface area contributed by atoms with Crippen molar-refractivity contribution >= 4 is 5.97 Å². The molecule has 0 aliphatic carbocycles. The van der Waals surface area contributed by atoms with E-state index >= 15 is 0 Å². The largest absolute Gasteiger partial charge is 0.423 e. The van der Waals surface area contributed by atoms with Crippen LogP contribution in [0.15, 0.2) is 36.7 Å². The van der Waals surface area contributed by atoms with Crippen LogP contribution in [-0.2, 0) is 11.2 Å². The third-order valence-electron chi connectivity index (χ3n) is 6.88. The summed E-state index contributed by atoms with van der Waals surface area (Å²) in [5.41, 5.74) is 2.35. The Bertz CT molecular complexity index is 802. The van der Waals surface area contributed by atoms with Crippen molar-refractivity contribution in [2.45, 2.75) is 136 Å². The average molecular weight is 495 g/mol. The Morgan fingerprint density at radius 3 is 1.64 bits per heavy atom. The van der Waals surface area contributed by atoms with Crippen LogP contribution in [0.25, 0.3) is 11.4 Å². The maximum Gasteiger partial charge on any atom is 0.311 e. The molecule has 2 rings (SSSR count). The molecule has 0 amide bonds. The first-order chi connectivity index (χ1) is 17.7. The molecule has 0 fully saturated rings. The number of carbonyl (C=O) groups is 1. The minimum absolute atomic E-state index is 0.194. The number of esters is 1. The first-order valence-corrected chi connectivity index (χ1v) is 14.8. The Kier molecular flexibility index (Phi) is 16.6. The first kappa shape index (κ1) is 30.0. The van der Waals surface area contributed by atoms with Gasteiger partial charge < -0.3 is 4.74 Å². The van der Waals surface area contributed by atoms with Crippen molar-refractivity contribution in [1.82, 2.24) is 9.97 Å². The molecule has 0 saturated carbocycles. The standard InChI is InChI=1S/C32H50N2O2/c1-3-5-7-9-11-12-13-15-17-19-21-31(35)36-30-26-33-32(34-27-30)29-24-22-28(23-25-29)20-18-16-14-10-8-6-4-2/h22-27H,3-21H2,1-2H3. The van der Waals surface area contributed by atoms with Crippen molar-refractivity contribution in [3.8, 4) is 17.1 Å². The topological polar surface area (TPSA) is 52.1 Å². The molecular weight excluding hydrogens is 444 g/mol. The van der Waals surface area contributed by atoms with Gasteiger partial charge in [0.05, 0.1) is 12.4 Å². The third kappa shape index (κ3) is 13.8. The summed E-state index contributed by atoms with van der Waals surface area (Å²) in [6.07, 6.45) is 26.7. The van der Waals surface area contributed by atoms with Gasteiger partial charge in [-0.25, -0.2) is 9.97 Å². The molecule has 0 aliphatic heterocycles. The summed E-state index contributed by atoms with van der Waals surface area (Å²) in [4.78, 5) is 21.0. The predicted molar refractivity (Wildman–Crippen MR) is 151 cm³/mol. The maximum atomic E-state index is 12.1. The number of aromatic nitrogens is 2. The number of unbranched alkanes of at least 4 members (excludes halogenated alkanes) is 15. The Balaban J connectivity index is 1.59. The monoisotopic (exact) mass is 494 g/mol. The molecule has 0 radical (unpaired) electrons. The molecule has 0 spiro atoms. The third-order valence-corrected chi connectivity index (χ3v) is 6.88. The molecule has 1 aromatic carbocycles. The fourth-order valence-electron chi connectivity index (χ4n) is 4.56. The van der Waals surface area contributed by atoms with E-state index in [9.17, 15) is 4.79 Å². The summed E-state index contributed by atoms with van der Waals surface area (Å²) >= 11 is 0. The zero-order valence-corrected chi connectivity index (χ0v) is 23.1. The Morgan fingerprint density at radius 1 is 0.639 bits per heavy atom. The van der Waals surface area contributed by atoms with Gasteiger partial charge in [0.25, 0.3) is 0 Å². The molecule has 0 atom stereocenters. The van der Waals surface area contributed by atoms with Gasteiger partial charge in [0, 0.05) is 12.0 Å². The fraction of sp³-hybridized carbons (Fsp3) is 0.656. The number of ether oxygens (including phenoxy) is 1. The second-order valence-corrected chi connectivity index (χ2v) is 10.2. The van der Waals surface area contributed by atoms with Gasteiger partial charge in [-0.15, -0.1) is 0 Å². The van der Waals surface area contributed by atoms with Gasteiger partial charge in [-0.3, -0.25) is 4.79 Å². The SMILES string of the molecule is CCCCCCCCCCCCC(=O)Oc1cnc(-c2ccc(CCCCCCCCC)cc2)nc1.